The minimum atomic E-state index is -0.510. The normalized spacial score (nSPS) is 17.9. The van der Waals surface area contributed by atoms with Crippen LogP contribution < -0.4 is 5.32 Å². The number of nitrogens with one attached hydrogen (secondary N) is 1. The SMILES string of the molecule is N#Cc1ccc(CNC(=O)N2CCCC2CO)c(F)c1. The van der Waals surface area contributed by atoms with Crippen molar-refractivity contribution in [3.05, 3.63) is 35.1 Å². The van der Waals surface area contributed by atoms with E-state index in [9.17, 15) is 9.18 Å². The van der Waals surface area contributed by atoms with Gasteiger partial charge in [-0.15, -0.1) is 0 Å². The summed E-state index contributed by atoms with van der Waals surface area (Å²) < 4.78 is 13.7. The number of benzene rings is 1. The molecule has 0 spiro atoms. The fourth-order valence-corrected chi connectivity index (χ4v) is 2.33. The first-order valence-corrected chi connectivity index (χ1v) is 6.49. The predicted octanol–water partition coefficient (Wildman–Crippen LogP) is 1.36. The molecule has 1 aliphatic rings. The molecule has 2 rings (SSSR count). The summed E-state index contributed by atoms with van der Waals surface area (Å²) in [7, 11) is 0. The first-order chi connectivity index (χ1) is 9.65. The number of hydrogen-bond donors (Lipinski definition) is 2. The third-order valence-electron chi connectivity index (χ3n) is 3.46. The van der Waals surface area contributed by atoms with Crippen molar-refractivity contribution < 1.29 is 14.3 Å². The molecular formula is C14H16FN3O2. The highest BCUT2D eigenvalue weighted by Crippen LogP contribution is 2.17. The van der Waals surface area contributed by atoms with Gasteiger partial charge in [-0.25, -0.2) is 9.18 Å². The molecule has 1 aromatic carbocycles. The van der Waals surface area contributed by atoms with Gasteiger partial charge in [-0.1, -0.05) is 6.07 Å². The van der Waals surface area contributed by atoms with E-state index in [0.717, 1.165) is 18.9 Å². The summed E-state index contributed by atoms with van der Waals surface area (Å²) in [5, 5.41) is 20.5. The van der Waals surface area contributed by atoms with Crippen LogP contribution in [0.1, 0.15) is 24.0 Å². The lowest BCUT2D eigenvalue weighted by Gasteiger charge is -2.23. The largest absolute Gasteiger partial charge is 0.394 e. The van der Waals surface area contributed by atoms with Crippen LogP contribution in [-0.2, 0) is 6.54 Å². The number of aliphatic hydroxyl groups is 1. The maximum absolute atomic E-state index is 13.7. The molecule has 1 aromatic rings. The lowest BCUT2D eigenvalue weighted by atomic mass is 10.1. The van der Waals surface area contributed by atoms with E-state index in [1.165, 1.54) is 12.1 Å². The van der Waals surface area contributed by atoms with Gasteiger partial charge in [-0.2, -0.15) is 5.26 Å². The van der Waals surface area contributed by atoms with E-state index >= 15 is 0 Å². The molecule has 6 heteroatoms. The first kappa shape index (κ1) is 14.3. The number of aliphatic hydroxyl groups excluding tert-OH is 1. The molecule has 2 N–H and O–H groups in total. The Kier molecular flexibility index (Phi) is 4.53. The molecular weight excluding hydrogens is 261 g/mol. The molecule has 0 aromatic heterocycles. The Morgan fingerprint density at radius 2 is 2.40 bits per heavy atom. The molecule has 1 atom stereocenters. The predicted molar refractivity (Wildman–Crippen MR) is 70.2 cm³/mol. The van der Waals surface area contributed by atoms with Gasteiger partial charge >= 0.3 is 6.03 Å². The molecule has 5 nitrogen and oxygen atoms in total. The molecule has 2 amide bonds. The van der Waals surface area contributed by atoms with Crippen molar-refractivity contribution in [3.8, 4) is 6.07 Å². The van der Waals surface area contributed by atoms with Gasteiger partial charge in [0.1, 0.15) is 5.82 Å². The summed E-state index contributed by atoms with van der Waals surface area (Å²) in [6.45, 7) is 0.608. The van der Waals surface area contributed by atoms with Crippen LogP contribution in [0.4, 0.5) is 9.18 Å². The number of hydrogen-bond acceptors (Lipinski definition) is 3. The Morgan fingerprint density at radius 1 is 1.60 bits per heavy atom. The van der Waals surface area contributed by atoms with Gasteiger partial charge in [0.2, 0.25) is 0 Å². The van der Waals surface area contributed by atoms with Crippen molar-refractivity contribution in [3.63, 3.8) is 0 Å². The monoisotopic (exact) mass is 277 g/mol. The lowest BCUT2D eigenvalue weighted by Crippen LogP contribution is -2.43. The van der Waals surface area contributed by atoms with Gasteiger partial charge in [0.05, 0.1) is 24.3 Å². The standard InChI is InChI=1S/C14H16FN3O2/c15-13-6-10(7-16)3-4-11(13)8-17-14(20)18-5-1-2-12(18)9-19/h3-4,6,12,19H,1-2,5,8-9H2,(H,17,20). The highest BCUT2D eigenvalue weighted by Gasteiger charge is 2.27. The molecule has 1 unspecified atom stereocenters. The highest BCUT2D eigenvalue weighted by molar-refractivity contribution is 5.74. The molecule has 0 bridgehead atoms. The minimum Gasteiger partial charge on any atom is -0.394 e. The van der Waals surface area contributed by atoms with E-state index in [0.29, 0.717) is 12.1 Å². The number of halogens is 1. The summed E-state index contributed by atoms with van der Waals surface area (Å²) in [6.07, 6.45) is 1.65. The number of rotatable bonds is 3. The summed E-state index contributed by atoms with van der Waals surface area (Å²) in [5.74, 6) is -0.510. The topological polar surface area (TPSA) is 76.4 Å². The van der Waals surface area contributed by atoms with Crippen molar-refractivity contribution in [2.24, 2.45) is 0 Å². The van der Waals surface area contributed by atoms with Crippen LogP contribution in [-0.4, -0.2) is 35.2 Å². The van der Waals surface area contributed by atoms with Crippen LogP contribution in [0, 0.1) is 17.1 Å². The molecule has 1 heterocycles. The molecule has 0 aliphatic carbocycles. The quantitative estimate of drug-likeness (QED) is 0.876. The number of nitriles is 1. The maximum atomic E-state index is 13.7. The zero-order valence-corrected chi connectivity index (χ0v) is 11.0. The number of likely N-dealkylation sites (tertiary alicyclic amines) is 1. The number of carbonyl (C=O) groups is 1. The zero-order valence-electron chi connectivity index (χ0n) is 11.0. The average molecular weight is 277 g/mol. The minimum absolute atomic E-state index is 0.0569. The van der Waals surface area contributed by atoms with Crippen molar-refractivity contribution in [2.45, 2.75) is 25.4 Å². The molecule has 106 valence electrons. The highest BCUT2D eigenvalue weighted by atomic mass is 19.1. The number of urea groups is 1. The van der Waals surface area contributed by atoms with Crippen molar-refractivity contribution in [2.75, 3.05) is 13.2 Å². The van der Waals surface area contributed by atoms with E-state index in [1.54, 1.807) is 4.90 Å². The average Bonchev–Trinajstić information content (AvgIpc) is 2.94. The van der Waals surface area contributed by atoms with Crippen molar-refractivity contribution >= 4 is 6.03 Å². The fraction of sp³-hybridized carbons (Fsp3) is 0.429. The second kappa shape index (κ2) is 6.35. The van der Waals surface area contributed by atoms with Crippen LogP contribution in [0.5, 0.6) is 0 Å². The van der Waals surface area contributed by atoms with Crippen LogP contribution in [0.2, 0.25) is 0 Å². The van der Waals surface area contributed by atoms with E-state index in [4.69, 9.17) is 10.4 Å². The first-order valence-electron chi connectivity index (χ1n) is 6.49. The van der Waals surface area contributed by atoms with Crippen molar-refractivity contribution in [1.29, 1.82) is 5.26 Å². The second-order valence-corrected chi connectivity index (χ2v) is 4.75. The van der Waals surface area contributed by atoms with Gasteiger partial charge in [0, 0.05) is 18.7 Å². The Bertz CT molecular complexity index is 542. The molecule has 1 saturated heterocycles. The molecule has 0 saturated carbocycles. The number of amides is 2. The van der Waals surface area contributed by atoms with Gasteiger partial charge in [0.15, 0.2) is 0 Å². The Labute approximate surface area is 116 Å². The number of nitrogens with zero attached hydrogens (tertiary/aromatic N) is 2. The van der Waals surface area contributed by atoms with Crippen LogP contribution in [0.25, 0.3) is 0 Å². The summed E-state index contributed by atoms with van der Waals surface area (Å²) in [6, 6.07) is 5.55. The third kappa shape index (κ3) is 3.06. The molecule has 0 radical (unpaired) electrons. The summed E-state index contributed by atoms with van der Waals surface area (Å²) in [5.41, 5.74) is 0.578. The Hall–Kier alpha value is -2.13. The zero-order chi connectivity index (χ0) is 14.5. The smallest absolute Gasteiger partial charge is 0.317 e. The second-order valence-electron chi connectivity index (χ2n) is 4.75. The van der Waals surface area contributed by atoms with Crippen LogP contribution in [0.15, 0.2) is 18.2 Å². The van der Waals surface area contributed by atoms with Crippen LogP contribution >= 0.6 is 0 Å². The molecule has 20 heavy (non-hydrogen) atoms. The summed E-state index contributed by atoms with van der Waals surface area (Å²) >= 11 is 0. The van der Waals surface area contributed by atoms with Crippen LogP contribution in [0.3, 0.4) is 0 Å². The fourth-order valence-electron chi connectivity index (χ4n) is 2.33. The maximum Gasteiger partial charge on any atom is 0.317 e. The van der Waals surface area contributed by atoms with Gasteiger partial charge in [-0.3, -0.25) is 0 Å². The van der Waals surface area contributed by atoms with Crippen molar-refractivity contribution in [1.82, 2.24) is 10.2 Å². The molecule has 1 aliphatic heterocycles. The summed E-state index contributed by atoms with van der Waals surface area (Å²) in [4.78, 5) is 13.5. The van der Waals surface area contributed by atoms with Gasteiger partial charge < -0.3 is 15.3 Å². The Balaban J connectivity index is 1.95. The van der Waals surface area contributed by atoms with E-state index in [-0.39, 0.29) is 30.8 Å². The van der Waals surface area contributed by atoms with Gasteiger partial charge in [-0.05, 0) is 25.0 Å². The Morgan fingerprint density at radius 3 is 3.05 bits per heavy atom. The van der Waals surface area contributed by atoms with Gasteiger partial charge in [0.25, 0.3) is 0 Å². The third-order valence-corrected chi connectivity index (χ3v) is 3.46. The molecule has 1 fully saturated rings. The van der Waals surface area contributed by atoms with E-state index in [1.807, 2.05) is 6.07 Å². The lowest BCUT2D eigenvalue weighted by molar-refractivity contribution is 0.157. The van der Waals surface area contributed by atoms with E-state index < -0.39 is 5.82 Å². The number of carbonyl (C=O) groups excluding carboxylic acids is 1. The van der Waals surface area contributed by atoms with E-state index in [2.05, 4.69) is 5.32 Å².